The van der Waals surface area contributed by atoms with E-state index in [9.17, 15) is 0 Å². The number of halogens is 2. The van der Waals surface area contributed by atoms with Crippen molar-refractivity contribution in [1.82, 2.24) is 0 Å². The van der Waals surface area contributed by atoms with Crippen molar-refractivity contribution >= 4 is 32.3 Å². The molecule has 0 aliphatic rings. The first-order chi connectivity index (χ1) is 13.3. The van der Waals surface area contributed by atoms with Gasteiger partial charge in [-0.05, 0) is 46.0 Å². The summed E-state index contributed by atoms with van der Waals surface area (Å²) in [6.07, 6.45) is 3.61. The van der Waals surface area contributed by atoms with E-state index < -0.39 is 0 Å². The average Bonchev–Trinajstić information content (AvgIpc) is 3.14. The van der Waals surface area contributed by atoms with Gasteiger partial charge in [-0.1, -0.05) is 79.6 Å². The fourth-order valence-corrected chi connectivity index (χ4v) is 4.24. The number of rotatable bonds is 4. The van der Waals surface area contributed by atoms with E-state index in [1.807, 2.05) is 0 Å². The van der Waals surface area contributed by atoms with Gasteiger partial charge in [0.25, 0.3) is 0 Å². The molecule has 0 aliphatic heterocycles. The van der Waals surface area contributed by atoms with Gasteiger partial charge < -0.3 is 24.8 Å². The maximum absolute atomic E-state index is 2.39. The summed E-state index contributed by atoms with van der Waals surface area (Å²) in [6.45, 7) is 2.27. The number of benzene rings is 4. The SMILES string of the molecule is CCCCc1ccc(-c2cc3ccccc3[cH-]2)c2cc3ccccc3cc12.[Cl-].[Cl-].[Zr+3]. The van der Waals surface area contributed by atoms with Gasteiger partial charge in [-0.15, -0.1) is 34.5 Å². The van der Waals surface area contributed by atoms with Gasteiger partial charge in [0, 0.05) is 0 Å². The molecule has 1 radical (unpaired) electrons. The summed E-state index contributed by atoms with van der Waals surface area (Å²) < 4.78 is 0. The first-order valence-corrected chi connectivity index (χ1v) is 9.94. The van der Waals surface area contributed by atoms with E-state index in [-0.39, 0.29) is 51.0 Å². The largest absolute Gasteiger partial charge is 3.00 e. The van der Waals surface area contributed by atoms with Crippen LogP contribution in [0.4, 0.5) is 0 Å². The zero-order valence-corrected chi connectivity index (χ0v) is 20.9. The van der Waals surface area contributed by atoms with E-state index in [0.29, 0.717) is 0 Å². The van der Waals surface area contributed by atoms with Crippen molar-refractivity contribution in [3.8, 4) is 11.1 Å². The molecule has 0 bridgehead atoms. The van der Waals surface area contributed by atoms with Gasteiger partial charge in [-0.3, -0.25) is 0 Å². The standard InChI is InChI=1S/C27H23.2ClH.Zr/c1-2-3-8-19-13-14-25(24-15-20-9-4-5-10-21(20)16-24)27-18-23-12-7-6-11-22(23)17-26(19)27;;;/h4-7,9-18H,2-3,8H2,1H3;2*1H;/q-1;;;+3/p-2. The number of fused-ring (bicyclic) bond motifs is 3. The molecule has 0 unspecified atom stereocenters. The van der Waals surface area contributed by atoms with Crippen molar-refractivity contribution in [2.75, 3.05) is 0 Å². The van der Waals surface area contributed by atoms with Crippen LogP contribution in [-0.4, -0.2) is 0 Å². The Morgan fingerprint density at radius 1 is 0.700 bits per heavy atom. The summed E-state index contributed by atoms with van der Waals surface area (Å²) in [5.74, 6) is 0. The predicted molar refractivity (Wildman–Crippen MR) is 119 cm³/mol. The normalized spacial score (nSPS) is 10.4. The summed E-state index contributed by atoms with van der Waals surface area (Å²) in [5, 5.41) is 8.05. The zero-order chi connectivity index (χ0) is 18.2. The Hall–Kier alpha value is -1.53. The molecule has 0 saturated heterocycles. The third kappa shape index (κ3) is 4.55. The Labute approximate surface area is 210 Å². The van der Waals surface area contributed by atoms with Gasteiger partial charge in [-0.25, -0.2) is 0 Å². The van der Waals surface area contributed by atoms with Crippen molar-refractivity contribution in [2.45, 2.75) is 26.2 Å². The zero-order valence-electron chi connectivity index (χ0n) is 17.0. The molecule has 5 aromatic rings. The Kier molecular flexibility index (Phi) is 8.80. The number of unbranched alkanes of at least 4 members (excludes halogenated alkanes) is 1. The Bertz CT molecular complexity index is 1240. The molecular formula is C27H23Cl2Zr. The second-order valence-corrected chi connectivity index (χ2v) is 7.49. The molecule has 149 valence electrons. The maximum Gasteiger partial charge on any atom is 3.00 e. The van der Waals surface area contributed by atoms with Gasteiger partial charge in [0.15, 0.2) is 0 Å². The molecule has 5 aromatic carbocycles. The molecule has 0 saturated carbocycles. The minimum atomic E-state index is 0. The smallest absolute Gasteiger partial charge is 1.00 e. The Balaban J connectivity index is 0.00000107. The van der Waals surface area contributed by atoms with Crippen LogP contribution >= 0.6 is 0 Å². The first-order valence-electron chi connectivity index (χ1n) is 9.94. The summed E-state index contributed by atoms with van der Waals surface area (Å²) in [6, 6.07) is 31.4. The molecule has 0 N–H and O–H groups in total. The fourth-order valence-electron chi connectivity index (χ4n) is 4.24. The predicted octanol–water partition coefficient (Wildman–Crippen LogP) is 1.88. The van der Waals surface area contributed by atoms with Crippen LogP contribution in [0.25, 0.3) is 43.4 Å². The molecule has 0 spiro atoms. The van der Waals surface area contributed by atoms with Crippen molar-refractivity contribution < 1.29 is 51.0 Å². The Morgan fingerprint density at radius 2 is 1.33 bits per heavy atom. The van der Waals surface area contributed by atoms with E-state index in [4.69, 9.17) is 0 Å². The van der Waals surface area contributed by atoms with Gasteiger partial charge in [-0.2, -0.15) is 0 Å². The number of aryl methyl sites for hydroxylation is 1. The average molecular weight is 510 g/mol. The van der Waals surface area contributed by atoms with E-state index in [1.165, 1.54) is 61.8 Å². The van der Waals surface area contributed by atoms with Gasteiger partial charge >= 0.3 is 26.2 Å². The van der Waals surface area contributed by atoms with Crippen LogP contribution in [-0.2, 0) is 32.6 Å². The Morgan fingerprint density at radius 3 is 2.00 bits per heavy atom. The summed E-state index contributed by atoms with van der Waals surface area (Å²) in [5.41, 5.74) is 4.13. The quantitative estimate of drug-likeness (QED) is 0.257. The van der Waals surface area contributed by atoms with Crippen LogP contribution < -0.4 is 24.8 Å². The second kappa shape index (κ2) is 10.7. The van der Waals surface area contributed by atoms with E-state index in [1.54, 1.807) is 0 Å². The number of hydrogen-bond acceptors (Lipinski definition) is 0. The van der Waals surface area contributed by atoms with Crippen LogP contribution in [0, 0.1) is 0 Å². The fraction of sp³-hybridized carbons (Fsp3) is 0.148. The van der Waals surface area contributed by atoms with Gasteiger partial charge in [0.2, 0.25) is 0 Å². The molecule has 30 heavy (non-hydrogen) atoms. The van der Waals surface area contributed by atoms with E-state index in [2.05, 4.69) is 91.9 Å². The molecule has 0 atom stereocenters. The molecule has 0 aromatic heterocycles. The van der Waals surface area contributed by atoms with Crippen molar-refractivity contribution in [2.24, 2.45) is 0 Å². The third-order valence-corrected chi connectivity index (χ3v) is 5.70. The van der Waals surface area contributed by atoms with Crippen molar-refractivity contribution in [1.29, 1.82) is 0 Å². The van der Waals surface area contributed by atoms with Crippen LogP contribution in [0.3, 0.4) is 0 Å². The molecule has 0 heterocycles. The van der Waals surface area contributed by atoms with Crippen molar-refractivity contribution in [3.63, 3.8) is 0 Å². The molecule has 0 nitrogen and oxygen atoms in total. The molecular weight excluding hydrogens is 486 g/mol. The topological polar surface area (TPSA) is 0 Å². The van der Waals surface area contributed by atoms with Crippen LogP contribution in [0.15, 0.2) is 84.9 Å². The minimum absolute atomic E-state index is 0. The summed E-state index contributed by atoms with van der Waals surface area (Å²) >= 11 is 0. The molecule has 0 amide bonds. The maximum atomic E-state index is 2.39. The van der Waals surface area contributed by atoms with Gasteiger partial charge in [0.1, 0.15) is 0 Å². The summed E-state index contributed by atoms with van der Waals surface area (Å²) in [4.78, 5) is 0. The number of hydrogen-bond donors (Lipinski definition) is 0. The summed E-state index contributed by atoms with van der Waals surface area (Å²) in [7, 11) is 0. The van der Waals surface area contributed by atoms with Crippen LogP contribution in [0.1, 0.15) is 25.3 Å². The molecule has 5 rings (SSSR count). The van der Waals surface area contributed by atoms with E-state index in [0.717, 1.165) is 6.42 Å². The molecule has 0 aliphatic carbocycles. The van der Waals surface area contributed by atoms with Gasteiger partial charge in [0.05, 0.1) is 0 Å². The minimum Gasteiger partial charge on any atom is -1.00 e. The first kappa shape index (κ1) is 24.7. The molecule has 0 fully saturated rings. The van der Waals surface area contributed by atoms with Crippen LogP contribution in [0.5, 0.6) is 0 Å². The molecule has 3 heteroatoms. The monoisotopic (exact) mass is 507 g/mol. The third-order valence-electron chi connectivity index (χ3n) is 5.70. The second-order valence-electron chi connectivity index (χ2n) is 7.49. The van der Waals surface area contributed by atoms with Crippen molar-refractivity contribution in [3.05, 3.63) is 90.5 Å². The van der Waals surface area contributed by atoms with Crippen LogP contribution in [0.2, 0.25) is 0 Å². The van der Waals surface area contributed by atoms with E-state index >= 15 is 0 Å².